The summed E-state index contributed by atoms with van der Waals surface area (Å²) in [4.78, 5) is 10.9. The normalized spacial score (nSPS) is 17.2. The lowest BCUT2D eigenvalue weighted by Crippen LogP contribution is -2.28. The minimum atomic E-state index is -0.254. The van der Waals surface area contributed by atoms with Gasteiger partial charge in [-0.2, -0.15) is 0 Å². The highest BCUT2D eigenvalue weighted by Crippen LogP contribution is 2.26. The van der Waals surface area contributed by atoms with Crippen LogP contribution in [0.2, 0.25) is 0 Å². The molecule has 1 fully saturated rings. The molecule has 0 aliphatic carbocycles. The molecule has 1 aliphatic heterocycles. The van der Waals surface area contributed by atoms with Gasteiger partial charge in [0.1, 0.15) is 17.5 Å². The van der Waals surface area contributed by atoms with Crippen LogP contribution in [0, 0.1) is 12.7 Å². The molecule has 128 valence electrons. The number of hydrogen-bond donors (Lipinski definition) is 1. The fourth-order valence-electron chi connectivity index (χ4n) is 2.94. The van der Waals surface area contributed by atoms with Gasteiger partial charge in [0.15, 0.2) is 0 Å². The summed E-state index contributed by atoms with van der Waals surface area (Å²) in [5.41, 5.74) is 1.53. The van der Waals surface area contributed by atoms with Crippen molar-refractivity contribution in [2.45, 2.75) is 25.8 Å². The molecule has 2 aromatic rings. The van der Waals surface area contributed by atoms with Gasteiger partial charge in [0.2, 0.25) is 0 Å². The maximum atomic E-state index is 14.0. The van der Waals surface area contributed by atoms with Crippen molar-refractivity contribution in [3.63, 3.8) is 0 Å². The second-order valence-corrected chi connectivity index (χ2v) is 6.00. The molecule has 1 saturated heterocycles. The highest BCUT2D eigenvalue weighted by Gasteiger charge is 2.21. The number of nitrogens with zero attached hydrogens (tertiary/aromatic N) is 3. The average Bonchev–Trinajstić information content (AvgIpc) is 3.10. The van der Waals surface area contributed by atoms with Crippen LogP contribution in [0.25, 0.3) is 0 Å². The number of aromatic nitrogens is 2. The molecule has 5 nitrogen and oxygen atoms in total. The zero-order valence-corrected chi connectivity index (χ0v) is 13.8. The molecule has 1 aliphatic rings. The third-order valence-electron chi connectivity index (χ3n) is 4.21. The van der Waals surface area contributed by atoms with Crippen LogP contribution < -0.4 is 4.90 Å². The number of rotatable bonds is 6. The molecule has 1 aromatic carbocycles. The lowest BCUT2D eigenvalue weighted by Gasteiger charge is -2.24. The van der Waals surface area contributed by atoms with E-state index in [1.165, 1.54) is 6.07 Å². The Balaban J connectivity index is 1.88. The fraction of sp³-hybridized carbons (Fsp3) is 0.444. The predicted molar refractivity (Wildman–Crippen MR) is 89.5 cm³/mol. The van der Waals surface area contributed by atoms with Crippen LogP contribution in [0.4, 0.5) is 10.2 Å². The SMILES string of the molecule is Cc1nc(C2CCOC2)cc(N(CCO)Cc2ccccc2F)n1. The van der Waals surface area contributed by atoms with E-state index < -0.39 is 0 Å². The minimum absolute atomic E-state index is 0.0284. The first-order valence-corrected chi connectivity index (χ1v) is 8.20. The van der Waals surface area contributed by atoms with Gasteiger partial charge in [-0.3, -0.25) is 0 Å². The molecular formula is C18H22FN3O2. The van der Waals surface area contributed by atoms with E-state index in [1.54, 1.807) is 12.1 Å². The van der Waals surface area contributed by atoms with E-state index >= 15 is 0 Å². The molecule has 6 heteroatoms. The van der Waals surface area contributed by atoms with Gasteiger partial charge in [0.25, 0.3) is 0 Å². The van der Waals surface area contributed by atoms with Gasteiger partial charge in [-0.1, -0.05) is 18.2 Å². The number of aliphatic hydroxyl groups is 1. The molecule has 1 atom stereocenters. The maximum Gasteiger partial charge on any atom is 0.132 e. The second kappa shape index (κ2) is 7.68. The lowest BCUT2D eigenvalue weighted by atomic mass is 10.0. The molecule has 1 unspecified atom stereocenters. The number of ether oxygens (including phenoxy) is 1. The first-order valence-electron chi connectivity index (χ1n) is 8.20. The van der Waals surface area contributed by atoms with Gasteiger partial charge in [-0.05, 0) is 19.4 Å². The van der Waals surface area contributed by atoms with E-state index in [0.717, 1.165) is 18.7 Å². The molecule has 24 heavy (non-hydrogen) atoms. The lowest BCUT2D eigenvalue weighted by molar-refractivity contribution is 0.193. The van der Waals surface area contributed by atoms with Gasteiger partial charge in [-0.25, -0.2) is 14.4 Å². The van der Waals surface area contributed by atoms with Crippen molar-refractivity contribution in [2.24, 2.45) is 0 Å². The van der Waals surface area contributed by atoms with E-state index in [2.05, 4.69) is 9.97 Å². The number of benzene rings is 1. The van der Waals surface area contributed by atoms with Crippen LogP contribution in [-0.4, -0.2) is 41.4 Å². The highest BCUT2D eigenvalue weighted by atomic mass is 19.1. The van der Waals surface area contributed by atoms with Crippen molar-refractivity contribution in [1.29, 1.82) is 0 Å². The van der Waals surface area contributed by atoms with Crippen LogP contribution in [-0.2, 0) is 11.3 Å². The Morgan fingerprint density at radius 3 is 2.88 bits per heavy atom. The van der Waals surface area contributed by atoms with Gasteiger partial charge in [-0.15, -0.1) is 0 Å². The average molecular weight is 331 g/mol. The number of hydrogen-bond acceptors (Lipinski definition) is 5. The van der Waals surface area contributed by atoms with Crippen LogP contribution in [0.3, 0.4) is 0 Å². The van der Waals surface area contributed by atoms with E-state index in [0.29, 0.717) is 36.9 Å². The summed E-state index contributed by atoms with van der Waals surface area (Å²) in [5.74, 6) is 1.40. The Bertz CT molecular complexity index is 690. The monoisotopic (exact) mass is 331 g/mol. The Morgan fingerprint density at radius 2 is 2.17 bits per heavy atom. The predicted octanol–water partition coefficient (Wildman–Crippen LogP) is 2.43. The molecule has 0 bridgehead atoms. The van der Waals surface area contributed by atoms with Crippen molar-refractivity contribution >= 4 is 5.82 Å². The molecule has 1 aromatic heterocycles. The van der Waals surface area contributed by atoms with Gasteiger partial charge >= 0.3 is 0 Å². The van der Waals surface area contributed by atoms with Gasteiger partial charge in [0.05, 0.1) is 18.9 Å². The third-order valence-corrected chi connectivity index (χ3v) is 4.21. The van der Waals surface area contributed by atoms with E-state index in [9.17, 15) is 9.50 Å². The zero-order valence-electron chi connectivity index (χ0n) is 13.8. The summed E-state index contributed by atoms with van der Waals surface area (Å²) in [6, 6.07) is 8.60. The van der Waals surface area contributed by atoms with Crippen molar-refractivity contribution < 1.29 is 14.2 Å². The van der Waals surface area contributed by atoms with E-state index in [4.69, 9.17) is 4.74 Å². The van der Waals surface area contributed by atoms with Crippen molar-refractivity contribution in [1.82, 2.24) is 9.97 Å². The van der Waals surface area contributed by atoms with Crippen LogP contribution in [0.15, 0.2) is 30.3 Å². The van der Waals surface area contributed by atoms with Crippen molar-refractivity contribution in [3.05, 3.63) is 53.2 Å². The number of halogens is 1. The number of aliphatic hydroxyl groups excluding tert-OH is 1. The Kier molecular flexibility index (Phi) is 5.37. The molecule has 3 rings (SSSR count). The summed E-state index contributed by atoms with van der Waals surface area (Å²) < 4.78 is 19.4. The second-order valence-electron chi connectivity index (χ2n) is 6.00. The van der Waals surface area contributed by atoms with E-state index in [-0.39, 0.29) is 18.3 Å². The summed E-state index contributed by atoms with van der Waals surface area (Å²) >= 11 is 0. The zero-order chi connectivity index (χ0) is 16.9. The summed E-state index contributed by atoms with van der Waals surface area (Å²) in [7, 11) is 0. The molecule has 0 amide bonds. The maximum absolute atomic E-state index is 14.0. The van der Waals surface area contributed by atoms with Crippen LogP contribution >= 0.6 is 0 Å². The third kappa shape index (κ3) is 3.88. The molecule has 0 spiro atoms. The molecule has 0 radical (unpaired) electrons. The summed E-state index contributed by atoms with van der Waals surface area (Å²) in [6.45, 7) is 3.97. The van der Waals surface area contributed by atoms with Crippen molar-refractivity contribution in [3.8, 4) is 0 Å². The quantitative estimate of drug-likeness (QED) is 0.881. The van der Waals surface area contributed by atoms with Crippen LogP contribution in [0.1, 0.15) is 29.4 Å². The Hall–Kier alpha value is -2.05. The van der Waals surface area contributed by atoms with Crippen molar-refractivity contribution in [2.75, 3.05) is 31.3 Å². The standard InChI is InChI=1S/C18H22FN3O2/c1-13-20-17(15-6-9-24-12-15)10-18(21-13)22(7-8-23)11-14-4-2-3-5-16(14)19/h2-5,10,15,23H,6-9,11-12H2,1H3. The summed E-state index contributed by atoms with van der Waals surface area (Å²) in [6.07, 6.45) is 0.948. The van der Waals surface area contributed by atoms with Gasteiger partial charge < -0.3 is 14.7 Å². The minimum Gasteiger partial charge on any atom is -0.395 e. The largest absolute Gasteiger partial charge is 0.395 e. The molecule has 2 heterocycles. The molecular weight excluding hydrogens is 309 g/mol. The smallest absolute Gasteiger partial charge is 0.132 e. The van der Waals surface area contributed by atoms with Crippen LogP contribution in [0.5, 0.6) is 0 Å². The first kappa shape index (κ1) is 16.8. The van der Waals surface area contributed by atoms with Gasteiger partial charge in [0, 0.05) is 37.2 Å². The Morgan fingerprint density at radius 1 is 1.33 bits per heavy atom. The number of anilines is 1. The topological polar surface area (TPSA) is 58.5 Å². The highest BCUT2D eigenvalue weighted by molar-refractivity contribution is 5.42. The Labute approximate surface area is 141 Å². The first-order chi connectivity index (χ1) is 11.7. The number of aryl methyl sites for hydroxylation is 1. The molecule has 1 N–H and O–H groups in total. The van der Waals surface area contributed by atoms with E-state index in [1.807, 2.05) is 24.0 Å². The summed E-state index contributed by atoms with van der Waals surface area (Å²) in [5, 5.41) is 9.40. The molecule has 0 saturated carbocycles. The fourth-order valence-corrected chi connectivity index (χ4v) is 2.94.